The molecule has 8 atom stereocenters. The van der Waals surface area contributed by atoms with Crippen LogP contribution in [0.15, 0.2) is 0 Å². The Morgan fingerprint density at radius 1 is 0.893 bits per heavy atom. The van der Waals surface area contributed by atoms with Gasteiger partial charge in [0, 0.05) is 6.61 Å². The van der Waals surface area contributed by atoms with Crippen LogP contribution < -0.4 is 0 Å². The lowest BCUT2D eigenvalue weighted by Crippen LogP contribution is -2.56. The van der Waals surface area contributed by atoms with Gasteiger partial charge in [-0.15, -0.1) is 0 Å². The van der Waals surface area contributed by atoms with E-state index in [1.165, 1.54) is 44.9 Å². The molecule has 2 N–H and O–H groups in total. The molecule has 4 aliphatic rings. The van der Waals surface area contributed by atoms with Crippen molar-refractivity contribution in [2.24, 2.45) is 34.5 Å². The average Bonchev–Trinajstić information content (AvgIpc) is 2.91. The molecule has 4 rings (SSSR count). The Balaban J connectivity index is 1.46. The lowest BCUT2D eigenvalue weighted by molar-refractivity contribution is -0.156. The predicted molar refractivity (Wildman–Crippen MR) is 113 cm³/mol. The Kier molecular flexibility index (Phi) is 5.25. The molecule has 0 heterocycles. The molecule has 4 aliphatic carbocycles. The van der Waals surface area contributed by atoms with E-state index < -0.39 is 11.2 Å². The van der Waals surface area contributed by atoms with Gasteiger partial charge in [-0.05, 0) is 119 Å². The van der Waals surface area contributed by atoms with Crippen LogP contribution in [0, 0.1) is 34.5 Å². The molecule has 0 aromatic heterocycles. The summed E-state index contributed by atoms with van der Waals surface area (Å²) in [5, 5.41) is 20.7. The zero-order chi connectivity index (χ0) is 20.4. The summed E-state index contributed by atoms with van der Waals surface area (Å²) >= 11 is 0. The maximum atomic E-state index is 10.7. The Morgan fingerprint density at radius 3 is 2.32 bits per heavy atom. The smallest absolute Gasteiger partial charge is 0.0631 e. The minimum absolute atomic E-state index is 0.324. The summed E-state index contributed by atoms with van der Waals surface area (Å²) in [6.07, 6.45) is 12.1. The van der Waals surface area contributed by atoms with Crippen LogP contribution in [-0.4, -0.2) is 34.1 Å². The van der Waals surface area contributed by atoms with Crippen molar-refractivity contribution in [1.82, 2.24) is 0 Å². The number of hydrogen-bond acceptors (Lipinski definition) is 3. The van der Waals surface area contributed by atoms with Crippen molar-refractivity contribution >= 4 is 0 Å². The highest BCUT2D eigenvalue weighted by molar-refractivity contribution is 5.10. The van der Waals surface area contributed by atoms with Gasteiger partial charge in [0.2, 0.25) is 0 Å². The summed E-state index contributed by atoms with van der Waals surface area (Å²) in [6, 6.07) is 0. The van der Waals surface area contributed by atoms with Crippen molar-refractivity contribution in [3.05, 3.63) is 0 Å². The van der Waals surface area contributed by atoms with Crippen LogP contribution in [0.3, 0.4) is 0 Å². The van der Waals surface area contributed by atoms with Gasteiger partial charge in [-0.25, -0.2) is 0 Å². The van der Waals surface area contributed by atoms with Crippen molar-refractivity contribution < 1.29 is 14.9 Å². The monoisotopic (exact) mass is 392 g/mol. The number of aliphatic hydroxyl groups is 2. The summed E-state index contributed by atoms with van der Waals surface area (Å²) in [4.78, 5) is 0. The number of ether oxygens (including phenoxy) is 1. The second-order valence-corrected chi connectivity index (χ2v) is 12.4. The van der Waals surface area contributed by atoms with E-state index in [0.29, 0.717) is 29.5 Å². The summed E-state index contributed by atoms with van der Waals surface area (Å²) < 4.78 is 6.40. The number of fused-ring (bicyclic) bond motifs is 5. The fourth-order valence-corrected chi connectivity index (χ4v) is 8.11. The normalized spacial score (nSPS) is 51.3. The average molecular weight is 393 g/mol. The molecule has 3 nitrogen and oxygen atoms in total. The van der Waals surface area contributed by atoms with E-state index in [-0.39, 0.29) is 0 Å². The first kappa shape index (κ1) is 21.1. The lowest BCUT2D eigenvalue weighted by Gasteiger charge is -2.61. The fourth-order valence-electron chi connectivity index (χ4n) is 8.11. The molecule has 0 spiro atoms. The highest BCUT2D eigenvalue weighted by Gasteiger charge is 2.61. The maximum absolute atomic E-state index is 10.7. The Bertz CT molecular complexity index is 579. The van der Waals surface area contributed by atoms with E-state index >= 15 is 0 Å². The SMILES string of the molecule is CC(C)(O)CCOC1CCC2C3CCC4CC(C)(O)CCC4(C)C3CCC12C. The Hall–Kier alpha value is -0.120. The zero-order valence-electron chi connectivity index (χ0n) is 19.0. The molecular formula is C25H44O3. The van der Waals surface area contributed by atoms with Gasteiger partial charge in [-0.1, -0.05) is 13.8 Å². The van der Waals surface area contributed by atoms with Gasteiger partial charge >= 0.3 is 0 Å². The molecule has 4 saturated carbocycles. The molecular weight excluding hydrogens is 348 g/mol. The van der Waals surface area contributed by atoms with Crippen molar-refractivity contribution in [1.29, 1.82) is 0 Å². The molecule has 162 valence electrons. The topological polar surface area (TPSA) is 49.7 Å². The highest BCUT2D eigenvalue weighted by Crippen LogP contribution is 2.67. The summed E-state index contributed by atoms with van der Waals surface area (Å²) in [5.74, 6) is 3.21. The molecule has 0 radical (unpaired) electrons. The number of hydrogen-bond donors (Lipinski definition) is 2. The van der Waals surface area contributed by atoms with E-state index in [4.69, 9.17) is 4.74 Å². The maximum Gasteiger partial charge on any atom is 0.0631 e. The van der Waals surface area contributed by atoms with Gasteiger partial charge in [-0.2, -0.15) is 0 Å². The fraction of sp³-hybridized carbons (Fsp3) is 1.00. The third-order valence-electron chi connectivity index (χ3n) is 9.90. The molecule has 3 heteroatoms. The molecule has 8 unspecified atom stereocenters. The third-order valence-corrected chi connectivity index (χ3v) is 9.90. The van der Waals surface area contributed by atoms with Gasteiger partial charge in [0.15, 0.2) is 0 Å². The summed E-state index contributed by atoms with van der Waals surface area (Å²) in [7, 11) is 0. The molecule has 0 bridgehead atoms. The van der Waals surface area contributed by atoms with Gasteiger partial charge in [-0.3, -0.25) is 0 Å². The van der Waals surface area contributed by atoms with Crippen LogP contribution >= 0.6 is 0 Å². The van der Waals surface area contributed by atoms with Crippen LogP contribution in [0.25, 0.3) is 0 Å². The molecule has 0 saturated heterocycles. The van der Waals surface area contributed by atoms with Crippen molar-refractivity contribution in [2.75, 3.05) is 6.61 Å². The Labute approximate surface area is 172 Å². The van der Waals surface area contributed by atoms with Gasteiger partial charge in [0.1, 0.15) is 0 Å². The second-order valence-electron chi connectivity index (χ2n) is 12.4. The molecule has 0 aliphatic heterocycles. The van der Waals surface area contributed by atoms with Crippen molar-refractivity contribution in [3.8, 4) is 0 Å². The van der Waals surface area contributed by atoms with E-state index in [9.17, 15) is 10.2 Å². The zero-order valence-corrected chi connectivity index (χ0v) is 19.0. The standard InChI is InChI=1S/C25H44O3/c1-22(2,26)14-15-28-21-9-8-19-18-7-6-17-16-23(3,27)12-13-24(17,4)20(18)10-11-25(19,21)5/h17-21,26-27H,6-16H2,1-5H3. The quantitative estimate of drug-likeness (QED) is 0.680. The predicted octanol–water partition coefficient (Wildman–Crippen LogP) is 5.33. The van der Waals surface area contributed by atoms with Crippen molar-refractivity contribution in [2.45, 2.75) is 116 Å². The van der Waals surface area contributed by atoms with Crippen LogP contribution in [-0.2, 0) is 4.74 Å². The van der Waals surface area contributed by atoms with Gasteiger partial charge in [0.05, 0.1) is 17.3 Å². The van der Waals surface area contributed by atoms with E-state index in [1.54, 1.807) is 0 Å². The second kappa shape index (κ2) is 6.95. The van der Waals surface area contributed by atoms with Crippen LogP contribution in [0.2, 0.25) is 0 Å². The van der Waals surface area contributed by atoms with Crippen LogP contribution in [0.5, 0.6) is 0 Å². The third kappa shape index (κ3) is 3.58. The molecule has 28 heavy (non-hydrogen) atoms. The summed E-state index contributed by atoms with van der Waals surface area (Å²) in [6.45, 7) is 11.6. The first-order chi connectivity index (χ1) is 12.9. The molecule has 0 aromatic rings. The van der Waals surface area contributed by atoms with E-state index in [0.717, 1.165) is 37.0 Å². The van der Waals surface area contributed by atoms with Gasteiger partial charge < -0.3 is 14.9 Å². The van der Waals surface area contributed by atoms with Crippen LogP contribution in [0.4, 0.5) is 0 Å². The first-order valence-corrected chi connectivity index (χ1v) is 12.0. The van der Waals surface area contributed by atoms with E-state index in [1.807, 2.05) is 13.8 Å². The van der Waals surface area contributed by atoms with Crippen molar-refractivity contribution in [3.63, 3.8) is 0 Å². The Morgan fingerprint density at radius 2 is 1.61 bits per heavy atom. The summed E-state index contributed by atoms with van der Waals surface area (Å²) in [5.41, 5.74) is -0.310. The largest absolute Gasteiger partial charge is 0.390 e. The minimum atomic E-state index is -0.633. The van der Waals surface area contributed by atoms with E-state index in [2.05, 4.69) is 20.8 Å². The molecule has 0 aromatic carbocycles. The van der Waals surface area contributed by atoms with Crippen LogP contribution in [0.1, 0.15) is 98.8 Å². The molecule has 0 amide bonds. The van der Waals surface area contributed by atoms with Gasteiger partial charge in [0.25, 0.3) is 0 Å². The highest BCUT2D eigenvalue weighted by atomic mass is 16.5. The minimum Gasteiger partial charge on any atom is -0.390 e. The first-order valence-electron chi connectivity index (χ1n) is 12.0. The lowest BCUT2D eigenvalue weighted by atomic mass is 9.44. The number of rotatable bonds is 4. The molecule has 4 fully saturated rings.